The monoisotopic (exact) mass is 321 g/mol. The minimum Gasteiger partial charge on any atom is -0.345 e. The Balaban J connectivity index is 2.37. The minimum atomic E-state index is 0.630. The van der Waals surface area contributed by atoms with E-state index in [-0.39, 0.29) is 0 Å². The zero-order valence-electron chi connectivity index (χ0n) is 10.1. The molecule has 2 aromatic rings. The van der Waals surface area contributed by atoms with Crippen molar-refractivity contribution in [3.63, 3.8) is 0 Å². The lowest BCUT2D eigenvalue weighted by Crippen LogP contribution is -1.95. The van der Waals surface area contributed by atoms with Crippen LogP contribution in [0.25, 0.3) is 0 Å². The fourth-order valence-electron chi connectivity index (χ4n) is 1.69. The van der Waals surface area contributed by atoms with Crippen LogP contribution in [0.2, 0.25) is 0 Å². The third kappa shape index (κ3) is 2.55. The predicted octanol–water partition coefficient (Wildman–Crippen LogP) is 4.39. The van der Waals surface area contributed by atoms with Crippen LogP contribution < -0.4 is 5.32 Å². The van der Waals surface area contributed by atoms with Gasteiger partial charge >= 0.3 is 0 Å². The highest BCUT2D eigenvalue weighted by Crippen LogP contribution is 2.30. The molecule has 0 atom stereocenters. The van der Waals surface area contributed by atoms with Crippen molar-refractivity contribution in [2.45, 2.75) is 20.3 Å². The van der Waals surface area contributed by atoms with Crippen molar-refractivity contribution >= 4 is 38.2 Å². The number of aryl methyl sites for hydroxylation is 2. The highest BCUT2D eigenvalue weighted by molar-refractivity contribution is 9.10. The van der Waals surface area contributed by atoms with Crippen LogP contribution in [0.15, 0.2) is 22.7 Å². The first kappa shape index (κ1) is 13.1. The van der Waals surface area contributed by atoms with E-state index >= 15 is 0 Å². The van der Waals surface area contributed by atoms with Crippen molar-refractivity contribution in [1.29, 1.82) is 5.26 Å². The Kier molecular flexibility index (Phi) is 4.00. The normalized spacial score (nSPS) is 10.1. The number of anilines is 2. The summed E-state index contributed by atoms with van der Waals surface area (Å²) in [6.07, 6.45) is 0.932. The van der Waals surface area contributed by atoms with Gasteiger partial charge in [-0.3, -0.25) is 0 Å². The molecule has 1 aromatic heterocycles. The molecule has 0 saturated carbocycles. The fourth-order valence-corrected chi connectivity index (χ4v) is 2.85. The molecule has 0 unspecified atom stereocenters. The quantitative estimate of drug-likeness (QED) is 0.911. The van der Waals surface area contributed by atoms with Gasteiger partial charge in [0.15, 0.2) is 0 Å². The minimum absolute atomic E-state index is 0.630. The Morgan fingerprint density at radius 3 is 2.94 bits per heavy atom. The SMILES string of the molecule is CCc1cc(Br)ccc1Nc1snc(C)c1C#N. The number of rotatable bonds is 3. The molecule has 0 radical (unpaired) electrons. The standard InChI is InChI=1S/C13H12BrN3S/c1-3-9-6-10(14)4-5-12(9)16-13-11(7-15)8(2)17-18-13/h4-6,16H,3H2,1-2H3. The molecule has 0 bridgehead atoms. The molecule has 1 N–H and O–H groups in total. The lowest BCUT2D eigenvalue weighted by Gasteiger charge is -2.09. The molecule has 0 amide bonds. The molecule has 0 aliphatic carbocycles. The molecule has 92 valence electrons. The van der Waals surface area contributed by atoms with E-state index in [1.165, 1.54) is 17.1 Å². The first-order chi connectivity index (χ1) is 8.65. The molecular formula is C13H12BrN3S. The van der Waals surface area contributed by atoms with Gasteiger partial charge in [0.2, 0.25) is 0 Å². The van der Waals surface area contributed by atoms with Gasteiger partial charge in [0.05, 0.1) is 5.69 Å². The van der Waals surface area contributed by atoms with Crippen LogP contribution in [0.1, 0.15) is 23.7 Å². The van der Waals surface area contributed by atoms with Crippen molar-refractivity contribution in [3.05, 3.63) is 39.5 Å². The Bertz CT molecular complexity index is 613. The largest absolute Gasteiger partial charge is 0.345 e. The average Bonchev–Trinajstić information content (AvgIpc) is 2.72. The highest BCUT2D eigenvalue weighted by Gasteiger charge is 2.11. The summed E-state index contributed by atoms with van der Waals surface area (Å²) >= 11 is 4.79. The molecule has 3 nitrogen and oxygen atoms in total. The van der Waals surface area contributed by atoms with Crippen molar-refractivity contribution in [1.82, 2.24) is 4.37 Å². The topological polar surface area (TPSA) is 48.7 Å². The maximum absolute atomic E-state index is 9.11. The Hall–Kier alpha value is -1.38. The zero-order chi connectivity index (χ0) is 13.1. The Morgan fingerprint density at radius 1 is 1.50 bits per heavy atom. The van der Waals surface area contributed by atoms with E-state index in [9.17, 15) is 0 Å². The average molecular weight is 322 g/mol. The zero-order valence-corrected chi connectivity index (χ0v) is 12.5. The Morgan fingerprint density at radius 2 is 2.28 bits per heavy atom. The summed E-state index contributed by atoms with van der Waals surface area (Å²) in [6, 6.07) is 8.28. The third-order valence-electron chi connectivity index (χ3n) is 2.67. The first-order valence-electron chi connectivity index (χ1n) is 5.57. The summed E-state index contributed by atoms with van der Waals surface area (Å²) in [5.41, 5.74) is 3.64. The molecule has 18 heavy (non-hydrogen) atoms. The van der Waals surface area contributed by atoms with Crippen LogP contribution in [-0.4, -0.2) is 4.37 Å². The van der Waals surface area contributed by atoms with Crippen LogP contribution in [0.5, 0.6) is 0 Å². The van der Waals surface area contributed by atoms with Gasteiger partial charge in [-0.1, -0.05) is 22.9 Å². The number of hydrogen-bond donors (Lipinski definition) is 1. The lowest BCUT2D eigenvalue weighted by molar-refractivity contribution is 1.14. The van der Waals surface area contributed by atoms with Gasteiger partial charge in [-0.05, 0) is 48.6 Å². The molecule has 5 heteroatoms. The molecule has 2 rings (SSSR count). The smallest absolute Gasteiger partial charge is 0.132 e. The summed E-state index contributed by atoms with van der Waals surface area (Å²) in [5.74, 6) is 0. The Labute approximate surface area is 119 Å². The van der Waals surface area contributed by atoms with Crippen molar-refractivity contribution in [2.24, 2.45) is 0 Å². The van der Waals surface area contributed by atoms with Crippen LogP contribution in [0.4, 0.5) is 10.7 Å². The molecule has 0 spiro atoms. The number of aromatic nitrogens is 1. The number of benzene rings is 1. The van der Waals surface area contributed by atoms with E-state index in [1.807, 2.05) is 19.1 Å². The summed E-state index contributed by atoms with van der Waals surface area (Å²) in [7, 11) is 0. The number of nitriles is 1. The van der Waals surface area contributed by atoms with Crippen molar-refractivity contribution in [2.75, 3.05) is 5.32 Å². The maximum atomic E-state index is 9.11. The fraction of sp³-hybridized carbons (Fsp3) is 0.231. The van der Waals surface area contributed by atoms with Gasteiger partial charge in [-0.25, -0.2) is 0 Å². The second-order valence-corrected chi connectivity index (χ2v) is 5.55. The van der Waals surface area contributed by atoms with Gasteiger partial charge in [-0.2, -0.15) is 9.64 Å². The lowest BCUT2D eigenvalue weighted by atomic mass is 10.1. The second kappa shape index (κ2) is 5.51. The van der Waals surface area contributed by atoms with E-state index in [0.717, 1.165) is 27.3 Å². The van der Waals surface area contributed by atoms with Gasteiger partial charge in [-0.15, -0.1) is 0 Å². The number of nitrogens with one attached hydrogen (secondary N) is 1. The highest BCUT2D eigenvalue weighted by atomic mass is 79.9. The van der Waals surface area contributed by atoms with Crippen molar-refractivity contribution < 1.29 is 0 Å². The summed E-state index contributed by atoms with van der Waals surface area (Å²) in [6.45, 7) is 3.96. The van der Waals surface area contributed by atoms with E-state index in [2.05, 4.69) is 44.7 Å². The first-order valence-corrected chi connectivity index (χ1v) is 7.14. The molecule has 0 saturated heterocycles. The number of halogens is 1. The van der Waals surface area contributed by atoms with Crippen LogP contribution in [-0.2, 0) is 6.42 Å². The summed E-state index contributed by atoms with van der Waals surface area (Å²) < 4.78 is 5.27. The predicted molar refractivity (Wildman–Crippen MR) is 78.4 cm³/mol. The van der Waals surface area contributed by atoms with Gasteiger partial charge < -0.3 is 5.32 Å². The third-order valence-corrected chi connectivity index (χ3v) is 4.02. The molecule has 0 aliphatic heterocycles. The molecule has 0 aliphatic rings. The van der Waals surface area contributed by atoms with E-state index in [0.29, 0.717) is 5.56 Å². The van der Waals surface area contributed by atoms with E-state index in [1.54, 1.807) is 0 Å². The van der Waals surface area contributed by atoms with E-state index in [4.69, 9.17) is 5.26 Å². The number of nitrogens with zero attached hydrogens (tertiary/aromatic N) is 2. The molecule has 0 fully saturated rings. The molecular weight excluding hydrogens is 310 g/mol. The van der Waals surface area contributed by atoms with Crippen LogP contribution in [0, 0.1) is 18.3 Å². The number of hydrogen-bond acceptors (Lipinski definition) is 4. The van der Waals surface area contributed by atoms with Crippen LogP contribution >= 0.6 is 27.5 Å². The second-order valence-electron chi connectivity index (χ2n) is 3.86. The van der Waals surface area contributed by atoms with Gasteiger partial charge in [0.25, 0.3) is 0 Å². The van der Waals surface area contributed by atoms with Crippen molar-refractivity contribution in [3.8, 4) is 6.07 Å². The molecule has 1 heterocycles. The summed E-state index contributed by atoms with van der Waals surface area (Å²) in [5, 5.41) is 13.2. The maximum Gasteiger partial charge on any atom is 0.132 e. The van der Waals surface area contributed by atoms with E-state index < -0.39 is 0 Å². The van der Waals surface area contributed by atoms with Gasteiger partial charge in [0.1, 0.15) is 16.6 Å². The van der Waals surface area contributed by atoms with Crippen LogP contribution in [0.3, 0.4) is 0 Å². The summed E-state index contributed by atoms with van der Waals surface area (Å²) in [4.78, 5) is 0. The molecule has 1 aromatic carbocycles. The van der Waals surface area contributed by atoms with Gasteiger partial charge in [0, 0.05) is 10.2 Å².